The molecule has 5 nitrogen and oxygen atoms in total. The normalized spacial score (nSPS) is 19.5. The fourth-order valence-electron chi connectivity index (χ4n) is 3.92. The van der Waals surface area contributed by atoms with Crippen molar-refractivity contribution in [3.05, 3.63) is 65.2 Å². The molecule has 0 unspecified atom stereocenters. The molecule has 146 valence electrons. The predicted molar refractivity (Wildman–Crippen MR) is 107 cm³/mol. The maximum Gasteiger partial charge on any atom is 0.247 e. The van der Waals surface area contributed by atoms with Gasteiger partial charge in [0.25, 0.3) is 0 Å². The SMILES string of the molecule is COc1ccc([C@@H](C)NC(=O)[C@@H]2c3ccccc3CCN2C(=O)C2CC2)cc1. The molecule has 0 saturated heterocycles. The van der Waals surface area contributed by atoms with Crippen LogP contribution in [0.5, 0.6) is 5.75 Å². The Kier molecular flexibility index (Phi) is 5.07. The molecular weight excluding hydrogens is 352 g/mol. The lowest BCUT2D eigenvalue weighted by molar-refractivity contribution is -0.142. The number of amides is 2. The molecule has 1 aliphatic carbocycles. The largest absolute Gasteiger partial charge is 0.497 e. The maximum absolute atomic E-state index is 13.3. The summed E-state index contributed by atoms with van der Waals surface area (Å²) in [6.45, 7) is 2.56. The van der Waals surface area contributed by atoms with Crippen molar-refractivity contribution in [2.24, 2.45) is 5.92 Å². The summed E-state index contributed by atoms with van der Waals surface area (Å²) in [7, 11) is 1.63. The Morgan fingerprint density at radius 2 is 1.82 bits per heavy atom. The highest BCUT2D eigenvalue weighted by Crippen LogP contribution is 2.37. The number of hydrogen-bond donors (Lipinski definition) is 1. The summed E-state index contributed by atoms with van der Waals surface area (Å²) in [5.41, 5.74) is 3.10. The molecular formula is C23H26N2O3. The molecule has 1 saturated carbocycles. The summed E-state index contributed by atoms with van der Waals surface area (Å²) in [6.07, 6.45) is 2.67. The van der Waals surface area contributed by atoms with Crippen molar-refractivity contribution in [3.8, 4) is 5.75 Å². The topological polar surface area (TPSA) is 58.6 Å². The first-order chi connectivity index (χ1) is 13.6. The third-order valence-electron chi connectivity index (χ3n) is 5.72. The minimum atomic E-state index is -0.557. The van der Waals surface area contributed by atoms with Crippen LogP contribution >= 0.6 is 0 Å². The third-order valence-corrected chi connectivity index (χ3v) is 5.72. The van der Waals surface area contributed by atoms with Crippen LogP contribution in [0.25, 0.3) is 0 Å². The molecule has 2 aliphatic rings. The van der Waals surface area contributed by atoms with Gasteiger partial charge in [-0.25, -0.2) is 0 Å². The molecule has 4 rings (SSSR count). The van der Waals surface area contributed by atoms with Gasteiger partial charge in [-0.15, -0.1) is 0 Å². The first-order valence-electron chi connectivity index (χ1n) is 9.91. The summed E-state index contributed by atoms with van der Waals surface area (Å²) < 4.78 is 5.20. The second kappa shape index (κ2) is 7.66. The van der Waals surface area contributed by atoms with E-state index >= 15 is 0 Å². The monoisotopic (exact) mass is 378 g/mol. The van der Waals surface area contributed by atoms with E-state index in [9.17, 15) is 9.59 Å². The van der Waals surface area contributed by atoms with Crippen LogP contribution < -0.4 is 10.1 Å². The molecule has 0 bridgehead atoms. The van der Waals surface area contributed by atoms with E-state index in [0.29, 0.717) is 6.54 Å². The molecule has 2 aromatic rings. The molecule has 0 aromatic heterocycles. The second-order valence-corrected chi connectivity index (χ2v) is 7.66. The molecule has 1 N–H and O–H groups in total. The zero-order valence-corrected chi connectivity index (χ0v) is 16.4. The van der Waals surface area contributed by atoms with Gasteiger partial charge in [-0.2, -0.15) is 0 Å². The van der Waals surface area contributed by atoms with Gasteiger partial charge in [0.1, 0.15) is 11.8 Å². The Balaban J connectivity index is 1.57. The molecule has 2 atom stereocenters. The van der Waals surface area contributed by atoms with E-state index in [4.69, 9.17) is 4.74 Å². The van der Waals surface area contributed by atoms with E-state index in [2.05, 4.69) is 11.4 Å². The van der Waals surface area contributed by atoms with Crippen molar-refractivity contribution in [2.75, 3.05) is 13.7 Å². The summed E-state index contributed by atoms with van der Waals surface area (Å²) in [5.74, 6) is 0.875. The van der Waals surface area contributed by atoms with Gasteiger partial charge < -0.3 is 15.0 Å². The Morgan fingerprint density at radius 1 is 1.11 bits per heavy atom. The first kappa shape index (κ1) is 18.5. The van der Waals surface area contributed by atoms with Crippen molar-refractivity contribution in [1.82, 2.24) is 10.2 Å². The Hall–Kier alpha value is -2.82. The second-order valence-electron chi connectivity index (χ2n) is 7.66. The van der Waals surface area contributed by atoms with Gasteiger partial charge in [0, 0.05) is 12.5 Å². The van der Waals surface area contributed by atoms with E-state index in [1.807, 2.05) is 49.4 Å². The number of nitrogens with zero attached hydrogens (tertiary/aromatic N) is 1. The lowest BCUT2D eigenvalue weighted by atomic mass is 9.91. The van der Waals surface area contributed by atoms with E-state index < -0.39 is 6.04 Å². The highest BCUT2D eigenvalue weighted by Gasteiger charge is 2.41. The quantitative estimate of drug-likeness (QED) is 0.867. The predicted octanol–water partition coefficient (Wildman–Crippen LogP) is 3.41. The molecule has 2 aromatic carbocycles. The Labute approximate surface area is 165 Å². The van der Waals surface area contributed by atoms with Crippen LogP contribution in [0.1, 0.15) is 48.5 Å². The summed E-state index contributed by atoms with van der Waals surface area (Å²) in [4.78, 5) is 27.9. The standard InChI is InChI=1S/C23H26N2O3/c1-15(16-9-11-19(28-2)12-10-16)24-22(26)21-20-6-4-3-5-17(20)13-14-25(21)23(27)18-7-8-18/h3-6,9-12,15,18,21H,7-8,13-14H2,1-2H3,(H,24,26)/t15-,21+/m1/s1. The van der Waals surface area contributed by atoms with Gasteiger partial charge in [0.15, 0.2) is 0 Å². The van der Waals surface area contributed by atoms with Gasteiger partial charge >= 0.3 is 0 Å². The van der Waals surface area contributed by atoms with Crippen LogP contribution in [-0.4, -0.2) is 30.4 Å². The average Bonchev–Trinajstić information content (AvgIpc) is 3.57. The van der Waals surface area contributed by atoms with E-state index in [-0.39, 0.29) is 23.8 Å². The third kappa shape index (κ3) is 3.61. The van der Waals surface area contributed by atoms with Crippen molar-refractivity contribution >= 4 is 11.8 Å². The van der Waals surface area contributed by atoms with Crippen molar-refractivity contribution in [1.29, 1.82) is 0 Å². The lowest BCUT2D eigenvalue weighted by Gasteiger charge is -2.37. The number of benzene rings is 2. The summed E-state index contributed by atoms with van der Waals surface area (Å²) in [6, 6.07) is 14.9. The molecule has 1 heterocycles. The minimum Gasteiger partial charge on any atom is -0.497 e. The highest BCUT2D eigenvalue weighted by molar-refractivity contribution is 5.91. The summed E-state index contributed by atoms with van der Waals surface area (Å²) >= 11 is 0. The van der Waals surface area contributed by atoms with Crippen LogP contribution in [0.2, 0.25) is 0 Å². The number of ether oxygens (including phenoxy) is 1. The zero-order valence-electron chi connectivity index (χ0n) is 16.4. The molecule has 5 heteroatoms. The number of nitrogens with one attached hydrogen (secondary N) is 1. The smallest absolute Gasteiger partial charge is 0.247 e. The number of fused-ring (bicyclic) bond motifs is 1. The van der Waals surface area contributed by atoms with Gasteiger partial charge in [-0.3, -0.25) is 9.59 Å². The van der Waals surface area contributed by atoms with E-state index in [1.165, 1.54) is 0 Å². The maximum atomic E-state index is 13.3. The Bertz CT molecular complexity index is 874. The fraction of sp³-hybridized carbons (Fsp3) is 0.391. The van der Waals surface area contributed by atoms with Gasteiger partial charge in [0.2, 0.25) is 11.8 Å². The molecule has 0 radical (unpaired) electrons. The highest BCUT2D eigenvalue weighted by atomic mass is 16.5. The van der Waals surface area contributed by atoms with Crippen LogP contribution in [0.4, 0.5) is 0 Å². The molecule has 2 amide bonds. The van der Waals surface area contributed by atoms with E-state index in [0.717, 1.165) is 41.7 Å². The van der Waals surface area contributed by atoms with E-state index in [1.54, 1.807) is 12.0 Å². The molecule has 0 spiro atoms. The van der Waals surface area contributed by atoms with Crippen LogP contribution in [0.15, 0.2) is 48.5 Å². The number of methoxy groups -OCH3 is 1. The van der Waals surface area contributed by atoms with Crippen LogP contribution in [-0.2, 0) is 16.0 Å². The first-order valence-corrected chi connectivity index (χ1v) is 9.91. The molecule has 1 fully saturated rings. The lowest BCUT2D eigenvalue weighted by Crippen LogP contribution is -2.48. The van der Waals surface area contributed by atoms with Crippen molar-refractivity contribution < 1.29 is 14.3 Å². The number of rotatable bonds is 5. The van der Waals surface area contributed by atoms with Gasteiger partial charge in [-0.05, 0) is 55.0 Å². The zero-order chi connectivity index (χ0) is 19.7. The average molecular weight is 378 g/mol. The number of carbonyl (C=O) groups excluding carboxylic acids is 2. The van der Waals surface area contributed by atoms with Crippen molar-refractivity contribution in [3.63, 3.8) is 0 Å². The minimum absolute atomic E-state index is 0.0968. The van der Waals surface area contributed by atoms with Crippen LogP contribution in [0.3, 0.4) is 0 Å². The number of hydrogen-bond acceptors (Lipinski definition) is 3. The van der Waals surface area contributed by atoms with Crippen molar-refractivity contribution in [2.45, 2.75) is 38.3 Å². The fourth-order valence-corrected chi connectivity index (χ4v) is 3.92. The number of carbonyl (C=O) groups is 2. The molecule has 1 aliphatic heterocycles. The Morgan fingerprint density at radius 3 is 2.50 bits per heavy atom. The summed E-state index contributed by atoms with van der Waals surface area (Å²) in [5, 5.41) is 3.11. The van der Waals surface area contributed by atoms with Crippen LogP contribution in [0, 0.1) is 5.92 Å². The molecule has 28 heavy (non-hydrogen) atoms. The van der Waals surface area contributed by atoms with Gasteiger partial charge in [0.05, 0.1) is 13.2 Å². The van der Waals surface area contributed by atoms with Gasteiger partial charge in [-0.1, -0.05) is 36.4 Å².